The normalized spacial score (nSPS) is 20.5. The molecule has 0 bridgehead atoms. The minimum atomic E-state index is -0.222. The first-order chi connectivity index (χ1) is 11.8. The molecule has 1 N–H and O–H groups in total. The SMILES string of the molecule is CO[C@@H]1CCOC[C@H]1NC(=O)COc1cccc(-n2cnnn2)c1. The molecule has 1 fully saturated rings. The molecule has 1 aromatic heterocycles. The summed E-state index contributed by atoms with van der Waals surface area (Å²) in [6, 6.07) is 7.01. The highest BCUT2D eigenvalue weighted by atomic mass is 16.5. The number of benzene rings is 1. The molecule has 9 nitrogen and oxygen atoms in total. The molecule has 3 rings (SSSR count). The highest BCUT2D eigenvalue weighted by Gasteiger charge is 2.27. The van der Waals surface area contributed by atoms with Crippen molar-refractivity contribution in [3.05, 3.63) is 30.6 Å². The number of carbonyl (C=O) groups excluding carboxylic acids is 1. The van der Waals surface area contributed by atoms with Crippen LogP contribution in [0.2, 0.25) is 0 Å². The molecule has 1 saturated heterocycles. The Balaban J connectivity index is 1.53. The second-order valence-electron chi connectivity index (χ2n) is 5.35. The molecule has 0 unspecified atom stereocenters. The van der Waals surface area contributed by atoms with Gasteiger partial charge in [-0.2, -0.15) is 0 Å². The average Bonchev–Trinajstić information content (AvgIpc) is 3.15. The van der Waals surface area contributed by atoms with E-state index < -0.39 is 0 Å². The average molecular weight is 333 g/mol. The molecule has 2 atom stereocenters. The third-order valence-corrected chi connectivity index (χ3v) is 3.74. The van der Waals surface area contributed by atoms with Gasteiger partial charge in [0.1, 0.15) is 12.1 Å². The van der Waals surface area contributed by atoms with Gasteiger partial charge in [-0.25, -0.2) is 4.68 Å². The number of carbonyl (C=O) groups is 1. The first kappa shape index (κ1) is 16.3. The van der Waals surface area contributed by atoms with Crippen LogP contribution >= 0.6 is 0 Å². The van der Waals surface area contributed by atoms with Crippen molar-refractivity contribution < 1.29 is 19.0 Å². The monoisotopic (exact) mass is 333 g/mol. The second kappa shape index (κ2) is 7.84. The Labute approximate surface area is 138 Å². The highest BCUT2D eigenvalue weighted by Crippen LogP contribution is 2.16. The van der Waals surface area contributed by atoms with Crippen molar-refractivity contribution in [1.29, 1.82) is 0 Å². The lowest BCUT2D eigenvalue weighted by Gasteiger charge is -2.30. The third-order valence-electron chi connectivity index (χ3n) is 3.74. The minimum Gasteiger partial charge on any atom is -0.484 e. The van der Waals surface area contributed by atoms with Gasteiger partial charge in [0.2, 0.25) is 0 Å². The second-order valence-corrected chi connectivity index (χ2v) is 5.35. The van der Waals surface area contributed by atoms with Crippen LogP contribution in [0.5, 0.6) is 5.75 Å². The summed E-state index contributed by atoms with van der Waals surface area (Å²) in [5, 5.41) is 13.9. The summed E-state index contributed by atoms with van der Waals surface area (Å²) in [5.74, 6) is 0.335. The number of hydrogen-bond donors (Lipinski definition) is 1. The van der Waals surface area contributed by atoms with Gasteiger partial charge in [-0.05, 0) is 29.0 Å². The molecule has 1 aromatic carbocycles. The Morgan fingerprint density at radius 2 is 2.42 bits per heavy atom. The van der Waals surface area contributed by atoms with Crippen LogP contribution < -0.4 is 10.1 Å². The lowest BCUT2D eigenvalue weighted by Crippen LogP contribution is -2.51. The Bertz CT molecular complexity index is 664. The summed E-state index contributed by atoms with van der Waals surface area (Å²) in [6.07, 6.45) is 2.21. The maximum Gasteiger partial charge on any atom is 0.258 e. The molecular formula is C15H19N5O4. The van der Waals surface area contributed by atoms with Crippen molar-refractivity contribution in [3.63, 3.8) is 0 Å². The zero-order valence-electron chi connectivity index (χ0n) is 13.3. The summed E-state index contributed by atoms with van der Waals surface area (Å²) in [7, 11) is 1.64. The number of rotatable bonds is 6. The fourth-order valence-electron chi connectivity index (χ4n) is 2.53. The smallest absolute Gasteiger partial charge is 0.258 e. The van der Waals surface area contributed by atoms with E-state index in [9.17, 15) is 4.79 Å². The lowest BCUT2D eigenvalue weighted by molar-refractivity contribution is -0.127. The predicted molar refractivity (Wildman–Crippen MR) is 82.8 cm³/mol. The molecule has 2 heterocycles. The largest absolute Gasteiger partial charge is 0.484 e. The van der Waals surface area contributed by atoms with Crippen molar-refractivity contribution >= 4 is 5.91 Å². The highest BCUT2D eigenvalue weighted by molar-refractivity contribution is 5.78. The number of nitrogens with one attached hydrogen (secondary N) is 1. The van der Waals surface area contributed by atoms with Crippen LogP contribution in [0.1, 0.15) is 6.42 Å². The number of tetrazole rings is 1. The van der Waals surface area contributed by atoms with Gasteiger partial charge in [0, 0.05) is 19.8 Å². The Morgan fingerprint density at radius 3 is 3.21 bits per heavy atom. The summed E-state index contributed by atoms with van der Waals surface area (Å²) in [6.45, 7) is 0.996. The maximum absolute atomic E-state index is 12.1. The summed E-state index contributed by atoms with van der Waals surface area (Å²) in [4.78, 5) is 12.1. The van der Waals surface area contributed by atoms with Crippen LogP contribution in [0.15, 0.2) is 30.6 Å². The van der Waals surface area contributed by atoms with E-state index in [-0.39, 0.29) is 24.7 Å². The zero-order valence-corrected chi connectivity index (χ0v) is 13.3. The van der Waals surface area contributed by atoms with Gasteiger partial charge >= 0.3 is 0 Å². The Hall–Kier alpha value is -2.52. The first-order valence-corrected chi connectivity index (χ1v) is 7.62. The topological polar surface area (TPSA) is 100 Å². The van der Waals surface area contributed by atoms with E-state index in [0.717, 1.165) is 12.1 Å². The predicted octanol–water partition coefficient (Wildman–Crippen LogP) is -0.0388. The zero-order chi connectivity index (χ0) is 16.8. The fourth-order valence-corrected chi connectivity index (χ4v) is 2.53. The van der Waals surface area contributed by atoms with Gasteiger partial charge in [0.05, 0.1) is 24.4 Å². The number of methoxy groups -OCH3 is 1. The number of aromatic nitrogens is 4. The van der Waals surface area contributed by atoms with E-state index >= 15 is 0 Å². The van der Waals surface area contributed by atoms with Crippen LogP contribution in [0.25, 0.3) is 5.69 Å². The molecule has 128 valence electrons. The van der Waals surface area contributed by atoms with Gasteiger partial charge in [0.15, 0.2) is 6.61 Å². The molecule has 24 heavy (non-hydrogen) atoms. The van der Waals surface area contributed by atoms with Crippen molar-refractivity contribution in [1.82, 2.24) is 25.5 Å². The molecule has 0 saturated carbocycles. The van der Waals surface area contributed by atoms with Crippen LogP contribution in [-0.4, -0.2) is 65.2 Å². The molecule has 0 aliphatic carbocycles. The molecule has 0 spiro atoms. The molecule has 9 heteroatoms. The van der Waals surface area contributed by atoms with Crippen molar-refractivity contribution in [2.24, 2.45) is 0 Å². The van der Waals surface area contributed by atoms with E-state index in [1.807, 2.05) is 6.07 Å². The molecular weight excluding hydrogens is 314 g/mol. The lowest BCUT2D eigenvalue weighted by atomic mass is 10.1. The number of hydrogen-bond acceptors (Lipinski definition) is 7. The molecule has 0 radical (unpaired) electrons. The Kier molecular flexibility index (Phi) is 5.34. The van der Waals surface area contributed by atoms with Crippen LogP contribution in [0, 0.1) is 0 Å². The van der Waals surface area contributed by atoms with Crippen LogP contribution in [-0.2, 0) is 14.3 Å². The quantitative estimate of drug-likeness (QED) is 0.791. The molecule has 1 aliphatic rings. The Morgan fingerprint density at radius 1 is 1.50 bits per heavy atom. The maximum atomic E-state index is 12.1. The first-order valence-electron chi connectivity index (χ1n) is 7.62. The van der Waals surface area contributed by atoms with Gasteiger partial charge in [0.25, 0.3) is 5.91 Å². The molecule has 1 aliphatic heterocycles. The van der Waals surface area contributed by atoms with Gasteiger partial charge < -0.3 is 19.5 Å². The fraction of sp³-hybridized carbons (Fsp3) is 0.467. The third kappa shape index (κ3) is 4.06. The van der Waals surface area contributed by atoms with Crippen molar-refractivity contribution in [3.8, 4) is 11.4 Å². The summed E-state index contributed by atoms with van der Waals surface area (Å²) < 4.78 is 17.8. The molecule has 1 amide bonds. The van der Waals surface area contributed by atoms with Crippen LogP contribution in [0.3, 0.4) is 0 Å². The number of amides is 1. The van der Waals surface area contributed by atoms with Crippen molar-refractivity contribution in [2.45, 2.75) is 18.6 Å². The summed E-state index contributed by atoms with van der Waals surface area (Å²) in [5.41, 5.74) is 0.748. The van der Waals surface area contributed by atoms with E-state index in [0.29, 0.717) is 19.0 Å². The summed E-state index contributed by atoms with van der Waals surface area (Å²) >= 11 is 0. The number of ether oxygens (including phenoxy) is 3. The van der Waals surface area contributed by atoms with Gasteiger partial charge in [-0.1, -0.05) is 6.07 Å². The van der Waals surface area contributed by atoms with E-state index in [1.54, 1.807) is 25.3 Å². The number of nitrogens with zero attached hydrogens (tertiary/aromatic N) is 4. The van der Waals surface area contributed by atoms with E-state index in [1.165, 1.54) is 11.0 Å². The van der Waals surface area contributed by atoms with Gasteiger partial charge in [-0.3, -0.25) is 4.79 Å². The standard InChI is InChI=1S/C15H19N5O4/c1-22-14-5-6-23-8-13(14)17-15(21)9-24-12-4-2-3-11(7-12)20-10-16-18-19-20/h2-4,7,10,13-14H,5-6,8-9H2,1H3,(H,17,21)/t13-,14-/m1/s1. The van der Waals surface area contributed by atoms with E-state index in [2.05, 4.69) is 20.8 Å². The van der Waals surface area contributed by atoms with Crippen LogP contribution in [0.4, 0.5) is 0 Å². The van der Waals surface area contributed by atoms with Crippen molar-refractivity contribution in [2.75, 3.05) is 26.9 Å². The van der Waals surface area contributed by atoms with Gasteiger partial charge in [-0.15, -0.1) is 5.10 Å². The van der Waals surface area contributed by atoms with E-state index in [4.69, 9.17) is 14.2 Å². The molecule has 2 aromatic rings. The minimum absolute atomic E-state index is 0.0363.